The summed E-state index contributed by atoms with van der Waals surface area (Å²) in [5.74, 6) is -0.0602. The quantitative estimate of drug-likeness (QED) is 0.478. The van der Waals surface area contributed by atoms with Gasteiger partial charge in [-0.05, 0) is 6.92 Å². The van der Waals surface area contributed by atoms with Gasteiger partial charge < -0.3 is 18.6 Å². The molecule has 0 saturated heterocycles. The Morgan fingerprint density at radius 2 is 1.72 bits per heavy atom. The molecule has 3 nitrogen and oxygen atoms in total. The van der Waals surface area contributed by atoms with Crippen molar-refractivity contribution in [2.75, 3.05) is 0 Å². The number of aromatic nitrogens is 1. The molecule has 103 valence electrons. The molecule has 0 N–H and O–H groups in total. The van der Waals surface area contributed by atoms with Gasteiger partial charge >= 0.3 is 16.5 Å². The molecule has 0 unspecified atom stereocenters. The Morgan fingerprint density at radius 1 is 1.28 bits per heavy atom. The van der Waals surface area contributed by atoms with E-state index in [0.717, 1.165) is 12.8 Å². The van der Waals surface area contributed by atoms with Crippen LogP contribution in [0.1, 0.15) is 49.7 Å². The van der Waals surface area contributed by atoms with E-state index in [0.29, 0.717) is 5.56 Å². The van der Waals surface area contributed by atoms with Crippen LogP contribution < -0.4 is 0 Å². The zero-order valence-corrected chi connectivity index (χ0v) is 12.1. The Labute approximate surface area is 120 Å². The summed E-state index contributed by atoms with van der Waals surface area (Å²) in [5, 5.41) is 0. The molecule has 0 aliphatic heterocycles. The van der Waals surface area contributed by atoms with Gasteiger partial charge in [-0.25, -0.2) is 0 Å². The predicted octanol–water partition coefficient (Wildman–Crippen LogP) is 3.20. The summed E-state index contributed by atoms with van der Waals surface area (Å²) in [6.45, 7) is 12.4. The van der Waals surface area contributed by atoms with Crippen molar-refractivity contribution in [3.8, 4) is 0 Å². The van der Waals surface area contributed by atoms with Crippen LogP contribution in [0.2, 0.25) is 0 Å². The number of hydrogen-bond donors (Lipinski definition) is 0. The standard InChI is InChI=1S/C8H6NO2.2C3H7.Ni/c1-6(11)7-2-3-8(5-10)9-4-7;2*1-3-2;/h2-4H,1H3;2*1,3H2,2H3;/q3*-1;+3. The molecule has 0 spiro atoms. The van der Waals surface area contributed by atoms with E-state index in [-0.39, 0.29) is 28.0 Å². The zero-order valence-electron chi connectivity index (χ0n) is 11.1. The van der Waals surface area contributed by atoms with Crippen molar-refractivity contribution in [3.05, 3.63) is 43.4 Å². The zero-order chi connectivity index (χ0) is 13.7. The fraction of sp³-hybridized carbons (Fsp3) is 0.357. The first-order valence-electron chi connectivity index (χ1n) is 5.50. The largest absolute Gasteiger partial charge is 3.00 e. The smallest absolute Gasteiger partial charge is 0.417 e. The maximum Gasteiger partial charge on any atom is 3.00 e. The number of hydrogen-bond acceptors (Lipinski definition) is 3. The van der Waals surface area contributed by atoms with Crippen molar-refractivity contribution in [1.29, 1.82) is 0 Å². The van der Waals surface area contributed by atoms with Crippen LogP contribution >= 0.6 is 0 Å². The van der Waals surface area contributed by atoms with E-state index >= 15 is 0 Å². The minimum Gasteiger partial charge on any atom is -0.417 e. The normalized spacial score (nSPS) is 7.61. The third-order valence-corrected chi connectivity index (χ3v) is 1.27. The summed E-state index contributed by atoms with van der Waals surface area (Å²) in [6.07, 6.45) is 4.98. The van der Waals surface area contributed by atoms with Gasteiger partial charge in [-0.15, -0.1) is 6.07 Å². The molecule has 0 bridgehead atoms. The molecule has 0 aliphatic rings. The van der Waals surface area contributed by atoms with E-state index in [1.807, 2.05) is 13.8 Å². The summed E-state index contributed by atoms with van der Waals surface area (Å²) >= 11 is 0. The molecule has 18 heavy (non-hydrogen) atoms. The van der Waals surface area contributed by atoms with Crippen LogP contribution in [0.15, 0.2) is 18.3 Å². The van der Waals surface area contributed by atoms with E-state index in [1.54, 1.807) is 12.4 Å². The molecule has 1 radical (unpaired) electrons. The Bertz CT molecular complexity index is 308. The number of carbonyl (C=O) groups is 1. The maximum atomic E-state index is 10.7. The molecule has 4 heteroatoms. The van der Waals surface area contributed by atoms with E-state index < -0.39 is 0 Å². The molecule has 0 amide bonds. The van der Waals surface area contributed by atoms with Gasteiger partial charge in [0.25, 0.3) is 0 Å². The molecule has 1 aromatic rings. The molecule has 0 aromatic carbocycles. The minimum absolute atomic E-state index is 0. The number of carbonyl (C=O) groups excluding carboxylic acids is 2. The molecule has 0 saturated carbocycles. The number of pyridine rings is 1. The fourth-order valence-corrected chi connectivity index (χ4v) is 0.662. The molecule has 0 fully saturated rings. The van der Waals surface area contributed by atoms with E-state index in [1.165, 1.54) is 19.2 Å². The number of rotatable bonds is 2. The van der Waals surface area contributed by atoms with Crippen molar-refractivity contribution < 1.29 is 26.1 Å². The van der Waals surface area contributed by atoms with Crippen LogP contribution in [0.3, 0.4) is 0 Å². The van der Waals surface area contributed by atoms with E-state index in [4.69, 9.17) is 0 Å². The first-order valence-corrected chi connectivity index (χ1v) is 5.50. The molecular formula is C14H20NNiO2. The second-order valence-corrected chi connectivity index (χ2v) is 3.09. The van der Waals surface area contributed by atoms with Crippen LogP contribution in [0, 0.1) is 13.8 Å². The summed E-state index contributed by atoms with van der Waals surface area (Å²) in [4.78, 5) is 24.4. The number of ketones is 1. The molecule has 1 heterocycles. The van der Waals surface area contributed by atoms with Crippen molar-refractivity contribution >= 4 is 12.1 Å². The van der Waals surface area contributed by atoms with Gasteiger partial charge in [0, 0.05) is 18.0 Å². The van der Waals surface area contributed by atoms with Gasteiger partial charge in [-0.3, -0.25) is 9.78 Å². The second kappa shape index (κ2) is 16.0. The van der Waals surface area contributed by atoms with Crippen molar-refractivity contribution in [1.82, 2.24) is 4.98 Å². The molecule has 0 atom stereocenters. The van der Waals surface area contributed by atoms with Crippen LogP contribution in [-0.4, -0.2) is 17.1 Å². The SMILES string of the molecule is CC(=O)c1ccc([C-]=O)nc1.[CH2-]CC.[CH2-]CC.[Ni+3]. The number of nitrogens with zero attached hydrogens (tertiary/aromatic N) is 1. The van der Waals surface area contributed by atoms with Crippen LogP contribution in [0.4, 0.5) is 0 Å². The number of Topliss-reactive ketones (excluding diaryl/α,β-unsaturated/α-hetero) is 1. The summed E-state index contributed by atoms with van der Waals surface area (Å²) in [6, 6.07) is 3.01. The van der Waals surface area contributed by atoms with Crippen LogP contribution in [0.25, 0.3) is 0 Å². The Balaban J connectivity index is -0.000000276. The Kier molecular flexibility index (Phi) is 19.7. The van der Waals surface area contributed by atoms with E-state index in [2.05, 4.69) is 18.8 Å². The summed E-state index contributed by atoms with van der Waals surface area (Å²) in [7, 11) is 0. The first-order chi connectivity index (χ1) is 8.06. The molecule has 0 aliphatic carbocycles. The average molecular weight is 293 g/mol. The minimum atomic E-state index is -0.0602. The van der Waals surface area contributed by atoms with Gasteiger partial charge in [0.1, 0.15) is 0 Å². The van der Waals surface area contributed by atoms with E-state index in [9.17, 15) is 9.59 Å². The maximum absolute atomic E-state index is 10.7. The first kappa shape index (κ1) is 22.2. The topological polar surface area (TPSA) is 47.0 Å². The van der Waals surface area contributed by atoms with Gasteiger partial charge in [0.15, 0.2) is 5.78 Å². The molecular weight excluding hydrogens is 273 g/mol. The third kappa shape index (κ3) is 13.1. The van der Waals surface area contributed by atoms with Crippen molar-refractivity contribution in [2.24, 2.45) is 0 Å². The molecule has 1 aromatic heterocycles. The average Bonchev–Trinajstić information content (AvgIpc) is 2.31. The summed E-state index contributed by atoms with van der Waals surface area (Å²) in [5.41, 5.74) is 0.721. The van der Waals surface area contributed by atoms with Gasteiger partial charge in [0.2, 0.25) is 0 Å². The molecule has 1 rings (SSSR count). The third-order valence-electron chi connectivity index (χ3n) is 1.27. The Morgan fingerprint density at radius 3 is 1.94 bits per heavy atom. The monoisotopic (exact) mass is 292 g/mol. The van der Waals surface area contributed by atoms with Crippen LogP contribution in [0.5, 0.6) is 0 Å². The van der Waals surface area contributed by atoms with Crippen LogP contribution in [-0.2, 0) is 21.3 Å². The predicted molar refractivity (Wildman–Crippen MR) is 70.3 cm³/mol. The van der Waals surface area contributed by atoms with Gasteiger partial charge in [-0.2, -0.15) is 18.9 Å². The van der Waals surface area contributed by atoms with Gasteiger partial charge in [0.05, 0.1) is 0 Å². The van der Waals surface area contributed by atoms with Gasteiger partial charge in [-0.1, -0.05) is 19.5 Å². The second-order valence-electron chi connectivity index (χ2n) is 3.09. The fourth-order valence-electron chi connectivity index (χ4n) is 0.662. The van der Waals surface area contributed by atoms with Crippen molar-refractivity contribution in [2.45, 2.75) is 33.6 Å². The summed E-state index contributed by atoms with van der Waals surface area (Å²) < 4.78 is 0. The Hall–Kier alpha value is -1.02. The van der Waals surface area contributed by atoms with Crippen molar-refractivity contribution in [3.63, 3.8) is 0 Å².